The summed E-state index contributed by atoms with van der Waals surface area (Å²) < 4.78 is 5.32. The van der Waals surface area contributed by atoms with Gasteiger partial charge in [0.05, 0.1) is 18.7 Å². The molecule has 1 aliphatic heterocycles. The van der Waals surface area contributed by atoms with Crippen LogP contribution in [0.15, 0.2) is 66.2 Å². The standard InChI is InChI=1S/C31H33NO4/c1-18-9-8-10-25(20(18)3)32-27(21-12-15-23(36-7)16-13-21)26(29(34)30(32)35)28(33)24-17-22(31(4,5)6)14-11-19(24)2/h8-17,27,33H,1-7H3/b28-26+. The highest BCUT2D eigenvalue weighted by Crippen LogP contribution is 2.44. The number of hydrogen-bond donors (Lipinski definition) is 1. The quantitative estimate of drug-likeness (QED) is 0.260. The molecule has 5 heteroatoms. The summed E-state index contributed by atoms with van der Waals surface area (Å²) in [5, 5.41) is 11.7. The number of amides is 1. The van der Waals surface area contributed by atoms with Gasteiger partial charge in [0, 0.05) is 11.3 Å². The summed E-state index contributed by atoms with van der Waals surface area (Å²) in [5.41, 5.74) is 5.62. The van der Waals surface area contributed by atoms with Crippen molar-refractivity contribution in [3.05, 3.63) is 99.6 Å². The molecule has 186 valence electrons. The Morgan fingerprint density at radius 1 is 0.917 bits per heavy atom. The summed E-state index contributed by atoms with van der Waals surface area (Å²) in [7, 11) is 1.59. The van der Waals surface area contributed by atoms with Crippen LogP contribution in [0.2, 0.25) is 0 Å². The van der Waals surface area contributed by atoms with Crippen LogP contribution in [0.4, 0.5) is 5.69 Å². The normalized spacial score (nSPS) is 17.5. The fourth-order valence-corrected chi connectivity index (χ4v) is 4.67. The average Bonchev–Trinajstić information content (AvgIpc) is 3.10. The number of aliphatic hydroxyl groups excluding tert-OH is 1. The Balaban J connectivity index is 2.00. The van der Waals surface area contributed by atoms with Crippen molar-refractivity contribution in [2.45, 2.75) is 53.0 Å². The van der Waals surface area contributed by atoms with Crippen LogP contribution >= 0.6 is 0 Å². The maximum atomic E-state index is 13.6. The van der Waals surface area contributed by atoms with Gasteiger partial charge in [-0.05, 0) is 78.3 Å². The van der Waals surface area contributed by atoms with Crippen molar-refractivity contribution in [2.75, 3.05) is 12.0 Å². The number of benzene rings is 3. The number of ether oxygens (including phenoxy) is 1. The van der Waals surface area contributed by atoms with E-state index in [1.807, 2.05) is 69.3 Å². The molecule has 1 atom stereocenters. The minimum atomic E-state index is -0.783. The predicted octanol–water partition coefficient (Wildman–Crippen LogP) is 6.54. The molecule has 3 aromatic rings. The lowest BCUT2D eigenvalue weighted by molar-refractivity contribution is -0.132. The number of nitrogens with zero attached hydrogens (tertiary/aromatic N) is 1. The number of hydrogen-bond acceptors (Lipinski definition) is 4. The summed E-state index contributed by atoms with van der Waals surface area (Å²) in [4.78, 5) is 28.6. The number of Topliss-reactive ketones (excluding diaryl/α,β-unsaturated/α-hetero) is 1. The van der Waals surface area contributed by atoms with Gasteiger partial charge in [-0.3, -0.25) is 14.5 Å². The van der Waals surface area contributed by atoms with Gasteiger partial charge in [-0.1, -0.05) is 57.2 Å². The third-order valence-electron chi connectivity index (χ3n) is 7.07. The third-order valence-corrected chi connectivity index (χ3v) is 7.07. The number of carbonyl (C=O) groups excluding carboxylic acids is 2. The second-order valence-electron chi connectivity index (χ2n) is 10.4. The molecule has 0 bridgehead atoms. The van der Waals surface area contributed by atoms with Crippen LogP contribution in [0.5, 0.6) is 5.75 Å². The number of methoxy groups -OCH3 is 1. The third kappa shape index (κ3) is 4.30. The smallest absolute Gasteiger partial charge is 0.300 e. The topological polar surface area (TPSA) is 66.8 Å². The van der Waals surface area contributed by atoms with Gasteiger partial charge in [-0.2, -0.15) is 0 Å². The Labute approximate surface area is 213 Å². The van der Waals surface area contributed by atoms with E-state index < -0.39 is 17.7 Å². The van der Waals surface area contributed by atoms with E-state index in [1.165, 1.54) is 4.90 Å². The predicted molar refractivity (Wildman–Crippen MR) is 144 cm³/mol. The molecule has 1 N–H and O–H groups in total. The Hall–Kier alpha value is -3.86. The first kappa shape index (κ1) is 25.2. The van der Waals surface area contributed by atoms with Gasteiger partial charge in [0.25, 0.3) is 11.7 Å². The van der Waals surface area contributed by atoms with Crippen molar-refractivity contribution in [3.8, 4) is 5.75 Å². The molecule has 0 radical (unpaired) electrons. The largest absolute Gasteiger partial charge is 0.507 e. The van der Waals surface area contributed by atoms with Gasteiger partial charge in [0.2, 0.25) is 0 Å². The summed E-state index contributed by atoms with van der Waals surface area (Å²) in [6, 6.07) is 18.1. The molecule has 1 fully saturated rings. The van der Waals surface area contributed by atoms with E-state index in [0.717, 1.165) is 22.3 Å². The Bertz CT molecular complexity index is 1380. The molecule has 36 heavy (non-hydrogen) atoms. The zero-order chi connectivity index (χ0) is 26.4. The van der Waals surface area contributed by atoms with E-state index in [4.69, 9.17) is 4.74 Å². The fraction of sp³-hybridized carbons (Fsp3) is 0.290. The Morgan fingerprint density at radius 2 is 1.58 bits per heavy atom. The van der Waals surface area contributed by atoms with Crippen LogP contribution in [0.25, 0.3) is 5.76 Å². The second-order valence-corrected chi connectivity index (χ2v) is 10.4. The average molecular weight is 484 g/mol. The monoisotopic (exact) mass is 483 g/mol. The first-order chi connectivity index (χ1) is 17.0. The van der Waals surface area contributed by atoms with Gasteiger partial charge < -0.3 is 9.84 Å². The number of aryl methyl sites for hydroxylation is 2. The maximum absolute atomic E-state index is 13.6. The van der Waals surface area contributed by atoms with Crippen molar-refractivity contribution in [3.63, 3.8) is 0 Å². The molecule has 0 aliphatic carbocycles. The van der Waals surface area contributed by atoms with Crippen LogP contribution in [0.3, 0.4) is 0 Å². The van der Waals surface area contributed by atoms with Crippen molar-refractivity contribution >= 4 is 23.1 Å². The molecule has 3 aromatic carbocycles. The first-order valence-electron chi connectivity index (χ1n) is 12.1. The van der Waals surface area contributed by atoms with E-state index in [2.05, 4.69) is 20.8 Å². The lowest BCUT2D eigenvalue weighted by atomic mass is 9.84. The van der Waals surface area contributed by atoms with E-state index in [1.54, 1.807) is 19.2 Å². The van der Waals surface area contributed by atoms with Crippen molar-refractivity contribution < 1.29 is 19.4 Å². The van der Waals surface area contributed by atoms with Crippen molar-refractivity contribution in [1.29, 1.82) is 0 Å². The zero-order valence-corrected chi connectivity index (χ0v) is 22.0. The molecule has 5 nitrogen and oxygen atoms in total. The van der Waals surface area contributed by atoms with Gasteiger partial charge in [0.15, 0.2) is 0 Å². The summed E-state index contributed by atoms with van der Waals surface area (Å²) >= 11 is 0. The molecule has 4 rings (SSSR count). The van der Waals surface area contributed by atoms with Crippen LogP contribution in [0.1, 0.15) is 60.2 Å². The van der Waals surface area contributed by atoms with Gasteiger partial charge in [-0.15, -0.1) is 0 Å². The van der Waals surface area contributed by atoms with Gasteiger partial charge in [-0.25, -0.2) is 0 Å². The molecular weight excluding hydrogens is 450 g/mol. The van der Waals surface area contributed by atoms with Crippen LogP contribution in [0, 0.1) is 20.8 Å². The zero-order valence-electron chi connectivity index (χ0n) is 22.0. The molecule has 0 saturated carbocycles. The highest BCUT2D eigenvalue weighted by molar-refractivity contribution is 6.51. The molecule has 1 heterocycles. The van der Waals surface area contributed by atoms with E-state index in [-0.39, 0.29) is 16.7 Å². The molecular formula is C31H33NO4. The molecule has 1 unspecified atom stereocenters. The van der Waals surface area contributed by atoms with Gasteiger partial charge in [0.1, 0.15) is 11.5 Å². The number of aliphatic hydroxyl groups is 1. The Kier molecular flexibility index (Phi) is 6.52. The molecule has 0 spiro atoms. The lowest BCUT2D eigenvalue weighted by Crippen LogP contribution is -2.30. The summed E-state index contributed by atoms with van der Waals surface area (Å²) in [5.74, 6) is -0.854. The fourth-order valence-electron chi connectivity index (χ4n) is 4.67. The maximum Gasteiger partial charge on any atom is 0.300 e. The first-order valence-corrected chi connectivity index (χ1v) is 12.1. The van der Waals surface area contributed by atoms with Crippen molar-refractivity contribution in [2.24, 2.45) is 0 Å². The molecule has 1 saturated heterocycles. The highest BCUT2D eigenvalue weighted by atomic mass is 16.5. The molecule has 1 aliphatic rings. The highest BCUT2D eigenvalue weighted by Gasteiger charge is 2.47. The van der Waals surface area contributed by atoms with Gasteiger partial charge >= 0.3 is 0 Å². The van der Waals surface area contributed by atoms with Crippen molar-refractivity contribution in [1.82, 2.24) is 0 Å². The molecule has 1 amide bonds. The van der Waals surface area contributed by atoms with E-state index in [9.17, 15) is 14.7 Å². The molecule has 0 aromatic heterocycles. The van der Waals surface area contributed by atoms with Crippen LogP contribution < -0.4 is 9.64 Å². The minimum absolute atomic E-state index is 0.0835. The SMILES string of the molecule is COc1ccc(C2/C(=C(\O)c3cc(C(C)(C)C)ccc3C)C(=O)C(=O)N2c2cccc(C)c2C)cc1. The number of ketones is 1. The summed E-state index contributed by atoms with van der Waals surface area (Å²) in [6.07, 6.45) is 0. The van der Waals surface area contributed by atoms with E-state index >= 15 is 0 Å². The number of rotatable bonds is 4. The Morgan fingerprint density at radius 3 is 2.19 bits per heavy atom. The second kappa shape index (κ2) is 9.30. The van der Waals surface area contributed by atoms with Crippen LogP contribution in [-0.4, -0.2) is 23.9 Å². The van der Waals surface area contributed by atoms with E-state index in [0.29, 0.717) is 22.6 Å². The van der Waals surface area contributed by atoms with Crippen LogP contribution in [-0.2, 0) is 15.0 Å². The number of carbonyl (C=O) groups is 2. The minimum Gasteiger partial charge on any atom is -0.507 e. The number of anilines is 1. The summed E-state index contributed by atoms with van der Waals surface area (Å²) in [6.45, 7) is 12.1. The lowest BCUT2D eigenvalue weighted by Gasteiger charge is -2.27.